The number of halogens is 2. The molecule has 2 aromatic carbocycles. The molecule has 2 N–H and O–H groups in total. The highest BCUT2D eigenvalue weighted by molar-refractivity contribution is 6.43. The highest BCUT2D eigenvalue weighted by atomic mass is 35.5. The predicted molar refractivity (Wildman–Crippen MR) is 97.8 cm³/mol. The van der Waals surface area contributed by atoms with Gasteiger partial charge < -0.3 is 10.2 Å². The second-order valence-corrected chi connectivity index (χ2v) is 5.42. The minimum Gasteiger partial charge on any atom is -0.481 e. The summed E-state index contributed by atoms with van der Waals surface area (Å²) in [7, 11) is 0. The molecule has 0 saturated heterocycles. The first kappa shape index (κ1) is 22.0. The van der Waals surface area contributed by atoms with Crippen LogP contribution in [0.25, 0.3) is 11.1 Å². The maximum absolute atomic E-state index is 9.60. The van der Waals surface area contributed by atoms with Gasteiger partial charge in [0.25, 0.3) is 5.97 Å². The van der Waals surface area contributed by atoms with Crippen LogP contribution in [0.5, 0.6) is 0 Å². The summed E-state index contributed by atoms with van der Waals surface area (Å²) in [5.74, 6) is -1.54. The van der Waals surface area contributed by atoms with Crippen molar-refractivity contribution in [2.75, 3.05) is 0 Å². The third-order valence-corrected chi connectivity index (χ3v) is 3.32. The van der Waals surface area contributed by atoms with E-state index in [-0.39, 0.29) is 0 Å². The molecular weight excluding hydrogens is 351 g/mol. The van der Waals surface area contributed by atoms with Crippen LogP contribution in [0.4, 0.5) is 0 Å². The number of rotatable bonds is 3. The monoisotopic (exact) mass is 370 g/mol. The van der Waals surface area contributed by atoms with E-state index in [1.165, 1.54) is 0 Å². The molecule has 24 heavy (non-hydrogen) atoms. The summed E-state index contributed by atoms with van der Waals surface area (Å²) in [4.78, 5) is 18.6. The standard InChI is InChI=1S/C12H8Cl2.C4H8O2.C2H4O2/c13-11-8-4-7-10(12(11)14)9-5-2-1-3-6-9;1-2-3-4(5)6;1-2(3)4/h1-8H;2-3H2,1H3,(H,5,6);1H3,(H,3,4). The number of hydrogen-bond donors (Lipinski definition) is 2. The van der Waals surface area contributed by atoms with Gasteiger partial charge in [-0.15, -0.1) is 0 Å². The van der Waals surface area contributed by atoms with Crippen LogP contribution in [0.2, 0.25) is 10.0 Å². The van der Waals surface area contributed by atoms with Crippen molar-refractivity contribution in [1.82, 2.24) is 0 Å². The van der Waals surface area contributed by atoms with Gasteiger partial charge in [0.15, 0.2) is 0 Å². The van der Waals surface area contributed by atoms with Gasteiger partial charge >= 0.3 is 5.97 Å². The van der Waals surface area contributed by atoms with Crippen LogP contribution in [0.3, 0.4) is 0 Å². The van der Waals surface area contributed by atoms with Gasteiger partial charge in [-0.3, -0.25) is 9.59 Å². The fourth-order valence-electron chi connectivity index (χ4n) is 1.56. The third kappa shape index (κ3) is 9.87. The van der Waals surface area contributed by atoms with E-state index < -0.39 is 11.9 Å². The molecule has 0 saturated carbocycles. The molecule has 0 aliphatic carbocycles. The Labute approximate surface area is 151 Å². The molecule has 0 spiro atoms. The second-order valence-electron chi connectivity index (χ2n) is 4.63. The summed E-state index contributed by atoms with van der Waals surface area (Å²) in [5.41, 5.74) is 2.06. The molecule has 2 aromatic rings. The molecule has 130 valence electrons. The molecule has 2 rings (SSSR count). The zero-order valence-electron chi connectivity index (χ0n) is 13.5. The van der Waals surface area contributed by atoms with Crippen LogP contribution in [0.15, 0.2) is 48.5 Å². The first-order chi connectivity index (χ1) is 11.3. The summed E-state index contributed by atoms with van der Waals surface area (Å²) in [6.45, 7) is 2.92. The maximum Gasteiger partial charge on any atom is 0.303 e. The van der Waals surface area contributed by atoms with Gasteiger partial charge in [-0.25, -0.2) is 0 Å². The Hall–Kier alpha value is -2.04. The van der Waals surface area contributed by atoms with Crippen LogP contribution in [0, 0.1) is 0 Å². The van der Waals surface area contributed by atoms with Gasteiger partial charge in [0.05, 0.1) is 10.0 Å². The number of benzene rings is 2. The average Bonchev–Trinajstić information content (AvgIpc) is 2.51. The zero-order chi connectivity index (χ0) is 18.5. The smallest absolute Gasteiger partial charge is 0.303 e. The van der Waals surface area contributed by atoms with Crippen molar-refractivity contribution in [3.05, 3.63) is 58.6 Å². The van der Waals surface area contributed by atoms with Crippen molar-refractivity contribution < 1.29 is 19.8 Å². The lowest BCUT2D eigenvalue weighted by Gasteiger charge is -2.04. The first-order valence-corrected chi connectivity index (χ1v) is 7.95. The molecule has 0 aromatic heterocycles. The van der Waals surface area contributed by atoms with E-state index >= 15 is 0 Å². The molecule has 0 aliphatic rings. The average molecular weight is 371 g/mol. The van der Waals surface area contributed by atoms with E-state index in [1.54, 1.807) is 6.07 Å². The van der Waals surface area contributed by atoms with Crippen molar-refractivity contribution in [1.29, 1.82) is 0 Å². The quantitative estimate of drug-likeness (QED) is 0.734. The highest BCUT2D eigenvalue weighted by Crippen LogP contribution is 2.32. The maximum atomic E-state index is 9.60. The topological polar surface area (TPSA) is 74.6 Å². The number of hydrogen-bond acceptors (Lipinski definition) is 2. The normalized spacial score (nSPS) is 9.00. The summed E-state index contributed by atoms with van der Waals surface area (Å²) < 4.78 is 0. The van der Waals surface area contributed by atoms with Crippen molar-refractivity contribution in [2.24, 2.45) is 0 Å². The minimum atomic E-state index is -0.833. The van der Waals surface area contributed by atoms with Gasteiger partial charge in [-0.2, -0.15) is 0 Å². The molecule has 0 heterocycles. The summed E-state index contributed by atoms with van der Waals surface area (Å²) in [6.07, 6.45) is 1.02. The van der Waals surface area contributed by atoms with Gasteiger partial charge in [-0.1, -0.05) is 72.6 Å². The number of aliphatic carboxylic acids is 2. The molecule has 0 unspecified atom stereocenters. The van der Waals surface area contributed by atoms with E-state index in [9.17, 15) is 4.79 Å². The third-order valence-electron chi connectivity index (χ3n) is 2.50. The second kappa shape index (κ2) is 12.4. The molecule has 6 heteroatoms. The largest absolute Gasteiger partial charge is 0.481 e. The van der Waals surface area contributed by atoms with E-state index in [1.807, 2.05) is 49.4 Å². The summed E-state index contributed by atoms with van der Waals surface area (Å²) in [6, 6.07) is 15.6. The lowest BCUT2D eigenvalue weighted by Crippen LogP contribution is -1.90. The Bertz CT molecular complexity index is 639. The van der Waals surface area contributed by atoms with E-state index in [4.69, 9.17) is 38.2 Å². The fraction of sp³-hybridized carbons (Fsp3) is 0.222. The van der Waals surface area contributed by atoms with Crippen LogP contribution in [0.1, 0.15) is 26.7 Å². The Balaban J connectivity index is 0.000000443. The molecule has 0 bridgehead atoms. The molecule has 0 atom stereocenters. The first-order valence-electron chi connectivity index (χ1n) is 7.20. The van der Waals surface area contributed by atoms with Gasteiger partial charge in [0.2, 0.25) is 0 Å². The molecule has 0 fully saturated rings. The Morgan fingerprint density at radius 3 is 1.92 bits per heavy atom. The van der Waals surface area contributed by atoms with Crippen LogP contribution >= 0.6 is 23.2 Å². The minimum absolute atomic E-state index is 0.292. The van der Waals surface area contributed by atoms with E-state index in [0.29, 0.717) is 16.5 Å². The molecule has 0 aliphatic heterocycles. The number of carboxylic acids is 2. The van der Waals surface area contributed by atoms with E-state index in [2.05, 4.69) is 0 Å². The van der Waals surface area contributed by atoms with Crippen LogP contribution in [-0.2, 0) is 9.59 Å². The van der Waals surface area contributed by atoms with E-state index in [0.717, 1.165) is 24.5 Å². The Morgan fingerprint density at radius 1 is 0.958 bits per heavy atom. The Morgan fingerprint density at radius 2 is 1.50 bits per heavy atom. The fourth-order valence-corrected chi connectivity index (χ4v) is 1.97. The van der Waals surface area contributed by atoms with Crippen molar-refractivity contribution >= 4 is 35.1 Å². The van der Waals surface area contributed by atoms with Crippen molar-refractivity contribution in [3.63, 3.8) is 0 Å². The van der Waals surface area contributed by atoms with Gasteiger partial charge in [-0.05, 0) is 18.1 Å². The lowest BCUT2D eigenvalue weighted by atomic mass is 10.1. The van der Waals surface area contributed by atoms with Crippen LogP contribution < -0.4 is 0 Å². The predicted octanol–water partition coefficient (Wildman–Crippen LogP) is 5.62. The highest BCUT2D eigenvalue weighted by Gasteiger charge is 2.05. The van der Waals surface area contributed by atoms with Gasteiger partial charge in [0.1, 0.15) is 0 Å². The molecular formula is C18H20Cl2O4. The molecule has 0 radical (unpaired) electrons. The summed E-state index contributed by atoms with van der Waals surface area (Å²) in [5, 5.41) is 16.5. The lowest BCUT2D eigenvalue weighted by molar-refractivity contribution is -0.137. The van der Waals surface area contributed by atoms with Crippen molar-refractivity contribution in [3.8, 4) is 11.1 Å². The number of carboxylic acid groups (broad SMARTS) is 2. The number of carbonyl (C=O) groups is 2. The Kier molecular flexibility index (Phi) is 11.3. The van der Waals surface area contributed by atoms with Crippen LogP contribution in [-0.4, -0.2) is 22.2 Å². The SMILES string of the molecule is CC(=O)O.CCCC(=O)O.Clc1cccc(-c2ccccc2)c1Cl. The van der Waals surface area contributed by atoms with Gasteiger partial charge in [0, 0.05) is 18.9 Å². The molecule has 4 nitrogen and oxygen atoms in total. The molecule has 0 amide bonds. The summed E-state index contributed by atoms with van der Waals surface area (Å²) >= 11 is 12.0. The van der Waals surface area contributed by atoms with Crippen molar-refractivity contribution in [2.45, 2.75) is 26.7 Å². The zero-order valence-corrected chi connectivity index (χ0v) is 15.0.